The molecule has 0 saturated carbocycles. The number of rotatable bonds is 2. The van der Waals surface area contributed by atoms with Crippen LogP contribution in [-0.2, 0) is 6.42 Å². The van der Waals surface area contributed by atoms with Crippen LogP contribution in [0.5, 0.6) is 0 Å². The zero-order chi connectivity index (χ0) is 18.1. The lowest BCUT2D eigenvalue weighted by Gasteiger charge is -2.27. The van der Waals surface area contributed by atoms with E-state index in [4.69, 9.17) is 5.73 Å². The molecule has 0 radical (unpaired) electrons. The van der Waals surface area contributed by atoms with E-state index in [1.54, 1.807) is 11.8 Å². The Labute approximate surface area is 155 Å². The van der Waals surface area contributed by atoms with Crippen LogP contribution < -0.4 is 11.1 Å². The average molecular weight is 370 g/mol. The summed E-state index contributed by atoms with van der Waals surface area (Å²) in [5.41, 5.74) is 9.23. The third kappa shape index (κ3) is 3.44. The maximum Gasteiger partial charge on any atom is 0.274 e. The average Bonchev–Trinajstić information content (AvgIpc) is 2.81. The smallest absolute Gasteiger partial charge is 0.274 e. The van der Waals surface area contributed by atoms with Gasteiger partial charge in [0.25, 0.3) is 5.91 Å². The number of aromatic nitrogens is 1. The molecule has 2 aliphatic rings. The quantitative estimate of drug-likeness (QED) is 0.847. The van der Waals surface area contributed by atoms with E-state index in [0.29, 0.717) is 16.8 Å². The van der Waals surface area contributed by atoms with Gasteiger partial charge < -0.3 is 11.1 Å². The highest BCUT2D eigenvalue weighted by atomic mass is 32.2. The molecule has 7 heteroatoms. The number of carbonyl (C=O) groups excluding carboxylic acids is 1. The van der Waals surface area contributed by atoms with Crippen molar-refractivity contribution in [2.75, 3.05) is 11.1 Å². The van der Waals surface area contributed by atoms with Gasteiger partial charge in [-0.3, -0.25) is 9.79 Å². The predicted molar refractivity (Wildman–Crippen MR) is 102 cm³/mol. The molecular formula is C19H19FN4OS. The predicted octanol–water partition coefficient (Wildman–Crippen LogP) is 3.53. The summed E-state index contributed by atoms with van der Waals surface area (Å²) in [6, 6.07) is 8.58. The highest BCUT2D eigenvalue weighted by Gasteiger charge is 2.31. The van der Waals surface area contributed by atoms with Gasteiger partial charge >= 0.3 is 0 Å². The van der Waals surface area contributed by atoms with Crippen LogP contribution in [0.4, 0.5) is 10.1 Å². The highest BCUT2D eigenvalue weighted by Crippen LogP contribution is 2.41. The van der Waals surface area contributed by atoms with Crippen LogP contribution in [0.1, 0.15) is 40.5 Å². The van der Waals surface area contributed by atoms with E-state index >= 15 is 0 Å². The highest BCUT2D eigenvalue weighted by molar-refractivity contribution is 8.13. The second-order valence-corrected chi connectivity index (χ2v) is 7.65. The molecule has 0 spiro atoms. The first-order chi connectivity index (χ1) is 12.6. The summed E-state index contributed by atoms with van der Waals surface area (Å²) in [5, 5.41) is 3.47. The Hall–Kier alpha value is -2.41. The standard InChI is InChI=1S/C19H19FN4OS/c20-13-5-7-16(22-9-13)18(25)23-14-6-4-11-2-1-3-12-10-26-19(21)24-17(12)15(11)8-14/h4-9,12,17H,1-3,10H2,(H2,21,24)(H,23,25)/t12-,17+/m0/s1. The van der Waals surface area contributed by atoms with Crippen LogP contribution in [0, 0.1) is 11.7 Å². The minimum Gasteiger partial charge on any atom is -0.379 e. The molecule has 0 fully saturated rings. The van der Waals surface area contributed by atoms with Gasteiger partial charge in [0.2, 0.25) is 0 Å². The summed E-state index contributed by atoms with van der Waals surface area (Å²) < 4.78 is 13.0. The van der Waals surface area contributed by atoms with Crippen molar-refractivity contribution < 1.29 is 9.18 Å². The van der Waals surface area contributed by atoms with E-state index < -0.39 is 5.82 Å². The molecule has 1 aliphatic carbocycles. The number of hydrogen-bond donors (Lipinski definition) is 2. The molecule has 2 heterocycles. The molecule has 0 unspecified atom stereocenters. The third-order valence-corrected chi connectivity index (χ3v) is 5.86. The number of hydrogen-bond acceptors (Lipinski definition) is 5. The third-order valence-electron chi connectivity index (χ3n) is 4.86. The van der Waals surface area contributed by atoms with Gasteiger partial charge in [0, 0.05) is 11.4 Å². The van der Waals surface area contributed by atoms with Crippen LogP contribution in [0.15, 0.2) is 41.5 Å². The number of carbonyl (C=O) groups is 1. The Bertz CT molecular complexity index is 868. The molecule has 5 nitrogen and oxygen atoms in total. The summed E-state index contributed by atoms with van der Waals surface area (Å²) in [7, 11) is 0. The van der Waals surface area contributed by atoms with Gasteiger partial charge in [0.1, 0.15) is 11.5 Å². The molecule has 2 atom stereocenters. The molecule has 4 rings (SSSR count). The van der Waals surface area contributed by atoms with Gasteiger partial charge in [-0.15, -0.1) is 0 Å². The number of nitrogens with two attached hydrogens (primary N) is 1. The molecule has 0 saturated heterocycles. The summed E-state index contributed by atoms with van der Waals surface area (Å²) in [5.74, 6) is 0.619. The van der Waals surface area contributed by atoms with Crippen LogP contribution in [-0.4, -0.2) is 21.8 Å². The lowest BCUT2D eigenvalue weighted by molar-refractivity contribution is 0.102. The molecule has 1 aromatic heterocycles. The zero-order valence-corrected chi connectivity index (χ0v) is 14.9. The lowest BCUT2D eigenvalue weighted by Crippen LogP contribution is -2.24. The summed E-state index contributed by atoms with van der Waals surface area (Å²) in [6.45, 7) is 0. The number of anilines is 1. The second-order valence-electron chi connectivity index (χ2n) is 6.60. The van der Waals surface area contributed by atoms with Gasteiger partial charge in [0.15, 0.2) is 5.17 Å². The molecule has 134 valence electrons. The van der Waals surface area contributed by atoms with Crippen molar-refractivity contribution in [3.63, 3.8) is 0 Å². The SMILES string of the molecule is NC1=N[C@H]2c3cc(NC(=O)c4ccc(F)cn4)ccc3CCC[C@H]2CS1. The second kappa shape index (κ2) is 7.07. The zero-order valence-electron chi connectivity index (χ0n) is 14.1. The number of benzene rings is 1. The number of amidine groups is 1. The summed E-state index contributed by atoms with van der Waals surface area (Å²) in [4.78, 5) is 20.9. The number of amides is 1. The van der Waals surface area contributed by atoms with Crippen LogP contribution in [0.2, 0.25) is 0 Å². The molecular weight excluding hydrogens is 351 g/mol. The van der Waals surface area contributed by atoms with E-state index in [-0.39, 0.29) is 17.6 Å². The maximum absolute atomic E-state index is 13.0. The number of nitrogens with zero attached hydrogens (tertiary/aromatic N) is 2. The van der Waals surface area contributed by atoms with Gasteiger partial charge in [-0.25, -0.2) is 9.37 Å². The van der Waals surface area contributed by atoms with Crippen molar-refractivity contribution in [3.05, 3.63) is 59.2 Å². The molecule has 3 N–H and O–H groups in total. The summed E-state index contributed by atoms with van der Waals surface area (Å²) in [6.07, 6.45) is 4.31. The molecule has 1 amide bonds. The minimum atomic E-state index is -0.469. The normalized spacial score (nSPS) is 21.8. The number of fused-ring (bicyclic) bond motifs is 3. The van der Waals surface area contributed by atoms with Crippen molar-refractivity contribution in [1.29, 1.82) is 0 Å². The van der Waals surface area contributed by atoms with Crippen LogP contribution >= 0.6 is 11.8 Å². The molecule has 26 heavy (non-hydrogen) atoms. The number of pyridine rings is 1. The number of nitrogens with one attached hydrogen (secondary N) is 1. The first kappa shape index (κ1) is 17.0. The monoisotopic (exact) mass is 370 g/mol. The molecule has 1 aromatic carbocycles. The van der Waals surface area contributed by atoms with Gasteiger partial charge in [-0.05, 0) is 60.6 Å². The summed E-state index contributed by atoms with van der Waals surface area (Å²) >= 11 is 1.62. The van der Waals surface area contributed by atoms with Crippen molar-refractivity contribution in [2.45, 2.75) is 25.3 Å². The van der Waals surface area contributed by atoms with Crippen LogP contribution in [0.3, 0.4) is 0 Å². The Morgan fingerprint density at radius 2 is 2.19 bits per heavy atom. The molecule has 2 aromatic rings. The Balaban J connectivity index is 1.62. The lowest BCUT2D eigenvalue weighted by atomic mass is 9.92. The van der Waals surface area contributed by atoms with E-state index in [1.165, 1.54) is 17.7 Å². The number of aliphatic imine (C=N–C) groups is 1. The number of aryl methyl sites for hydroxylation is 1. The Morgan fingerprint density at radius 1 is 1.31 bits per heavy atom. The Morgan fingerprint density at radius 3 is 3.00 bits per heavy atom. The van der Waals surface area contributed by atoms with Crippen molar-refractivity contribution in [1.82, 2.24) is 4.98 Å². The number of halogens is 1. The fourth-order valence-electron chi connectivity index (χ4n) is 3.56. The topological polar surface area (TPSA) is 80.4 Å². The van der Waals surface area contributed by atoms with E-state index in [1.807, 2.05) is 12.1 Å². The first-order valence-electron chi connectivity index (χ1n) is 8.62. The van der Waals surface area contributed by atoms with Gasteiger partial charge in [0.05, 0.1) is 12.2 Å². The van der Waals surface area contributed by atoms with Gasteiger partial charge in [-0.2, -0.15) is 0 Å². The maximum atomic E-state index is 13.0. The fourth-order valence-corrected chi connectivity index (χ4v) is 4.49. The first-order valence-corrected chi connectivity index (χ1v) is 9.60. The minimum absolute atomic E-state index is 0.0505. The van der Waals surface area contributed by atoms with Crippen molar-refractivity contribution in [2.24, 2.45) is 16.6 Å². The van der Waals surface area contributed by atoms with Crippen LogP contribution in [0.25, 0.3) is 0 Å². The van der Waals surface area contributed by atoms with Crippen molar-refractivity contribution >= 4 is 28.5 Å². The number of thioether (sulfide) groups is 1. The fraction of sp³-hybridized carbons (Fsp3) is 0.316. The molecule has 1 aliphatic heterocycles. The van der Waals surface area contributed by atoms with E-state index in [9.17, 15) is 9.18 Å². The van der Waals surface area contributed by atoms with E-state index in [2.05, 4.69) is 21.4 Å². The molecule has 0 bridgehead atoms. The van der Waals surface area contributed by atoms with Gasteiger partial charge in [-0.1, -0.05) is 17.8 Å². The largest absolute Gasteiger partial charge is 0.379 e. The van der Waals surface area contributed by atoms with E-state index in [0.717, 1.165) is 36.8 Å². The van der Waals surface area contributed by atoms with Crippen molar-refractivity contribution in [3.8, 4) is 0 Å². The Kier molecular flexibility index (Phi) is 4.63.